The van der Waals surface area contributed by atoms with E-state index in [0.29, 0.717) is 6.54 Å². The molecule has 1 N–H and O–H groups in total. The van der Waals surface area contributed by atoms with Crippen molar-refractivity contribution in [3.8, 4) is 5.75 Å². The second-order valence-electron chi connectivity index (χ2n) is 4.56. The van der Waals surface area contributed by atoms with Crippen LogP contribution >= 0.6 is 0 Å². The third kappa shape index (κ3) is 4.25. The van der Waals surface area contributed by atoms with Gasteiger partial charge in [0.15, 0.2) is 0 Å². The van der Waals surface area contributed by atoms with E-state index < -0.39 is 0 Å². The molecule has 3 nitrogen and oxygen atoms in total. The molecule has 2 aromatic rings. The number of nitrogens with one attached hydrogen (secondary N) is 1. The second-order valence-corrected chi connectivity index (χ2v) is 4.56. The minimum absolute atomic E-state index is 0.164. The number of pyridine rings is 1. The molecule has 1 aromatic heterocycles. The molecule has 1 aromatic carbocycles. The Balaban J connectivity index is 1.93. The van der Waals surface area contributed by atoms with Crippen molar-refractivity contribution in [2.45, 2.75) is 26.5 Å². The Bertz CT molecular complexity index is 526. The summed E-state index contributed by atoms with van der Waals surface area (Å²) in [5.41, 5.74) is 1.77. The number of rotatable bonds is 5. The minimum atomic E-state index is -0.319. The van der Waals surface area contributed by atoms with Gasteiger partial charge in [-0.1, -0.05) is 0 Å². The third-order valence-corrected chi connectivity index (χ3v) is 2.48. The molecule has 2 rings (SSSR count). The molecular formula is C15H17FN2O. The zero-order valence-corrected chi connectivity index (χ0v) is 11.1. The maximum atomic E-state index is 13.0. The van der Waals surface area contributed by atoms with Crippen LogP contribution in [0.1, 0.15) is 19.4 Å². The highest BCUT2D eigenvalue weighted by Crippen LogP contribution is 2.17. The third-order valence-electron chi connectivity index (χ3n) is 2.48. The van der Waals surface area contributed by atoms with E-state index >= 15 is 0 Å². The Morgan fingerprint density at radius 1 is 1.21 bits per heavy atom. The number of nitrogens with zero attached hydrogens (tertiary/aromatic N) is 1. The number of aromatic nitrogens is 1. The normalized spacial score (nSPS) is 10.5. The Morgan fingerprint density at radius 2 is 1.95 bits per heavy atom. The smallest absolute Gasteiger partial charge is 0.141 e. The number of anilines is 1. The fourth-order valence-electron chi connectivity index (χ4n) is 1.68. The molecule has 0 radical (unpaired) electrons. The van der Waals surface area contributed by atoms with Gasteiger partial charge in [-0.3, -0.25) is 4.98 Å². The van der Waals surface area contributed by atoms with E-state index in [2.05, 4.69) is 10.3 Å². The van der Waals surface area contributed by atoms with Gasteiger partial charge in [-0.05, 0) is 49.7 Å². The number of hydrogen-bond donors (Lipinski definition) is 1. The molecule has 0 aliphatic rings. The standard InChI is InChI=1S/C15H17FN2O/c1-11(2)19-15-5-3-14(4-6-15)18-9-12-7-13(16)10-17-8-12/h3-8,10-11,18H,9H2,1-2H3. The number of ether oxygens (including phenoxy) is 1. The van der Waals surface area contributed by atoms with Gasteiger partial charge in [-0.25, -0.2) is 4.39 Å². The topological polar surface area (TPSA) is 34.1 Å². The SMILES string of the molecule is CC(C)Oc1ccc(NCc2cncc(F)c2)cc1. The van der Waals surface area contributed by atoms with Crippen LogP contribution < -0.4 is 10.1 Å². The van der Waals surface area contributed by atoms with Crippen molar-refractivity contribution in [3.05, 3.63) is 54.1 Å². The van der Waals surface area contributed by atoms with E-state index in [1.165, 1.54) is 12.3 Å². The van der Waals surface area contributed by atoms with Crippen molar-refractivity contribution < 1.29 is 9.13 Å². The molecule has 19 heavy (non-hydrogen) atoms. The summed E-state index contributed by atoms with van der Waals surface area (Å²) in [6.45, 7) is 4.52. The van der Waals surface area contributed by atoms with Crippen LogP contribution in [0, 0.1) is 5.82 Å². The second kappa shape index (κ2) is 6.18. The average molecular weight is 260 g/mol. The van der Waals surface area contributed by atoms with Crippen LogP contribution in [0.25, 0.3) is 0 Å². The molecule has 1 heterocycles. The van der Waals surface area contributed by atoms with Gasteiger partial charge in [0, 0.05) is 18.4 Å². The van der Waals surface area contributed by atoms with Crippen molar-refractivity contribution in [1.29, 1.82) is 0 Å². The summed E-state index contributed by atoms with van der Waals surface area (Å²) >= 11 is 0. The van der Waals surface area contributed by atoms with Crippen molar-refractivity contribution in [3.63, 3.8) is 0 Å². The summed E-state index contributed by atoms with van der Waals surface area (Å²) in [6, 6.07) is 9.16. The van der Waals surface area contributed by atoms with Crippen molar-refractivity contribution >= 4 is 5.69 Å². The van der Waals surface area contributed by atoms with Gasteiger partial charge in [-0.2, -0.15) is 0 Å². The van der Waals surface area contributed by atoms with E-state index in [1.807, 2.05) is 38.1 Å². The predicted molar refractivity (Wildman–Crippen MR) is 73.7 cm³/mol. The minimum Gasteiger partial charge on any atom is -0.491 e. The van der Waals surface area contributed by atoms with Crippen molar-refractivity contribution in [2.24, 2.45) is 0 Å². The molecule has 0 atom stereocenters. The monoisotopic (exact) mass is 260 g/mol. The largest absolute Gasteiger partial charge is 0.491 e. The first-order chi connectivity index (χ1) is 9.13. The number of halogens is 1. The number of benzene rings is 1. The molecule has 0 aliphatic carbocycles. The molecule has 0 unspecified atom stereocenters. The molecule has 0 amide bonds. The van der Waals surface area contributed by atoms with Gasteiger partial charge in [0.2, 0.25) is 0 Å². The van der Waals surface area contributed by atoms with E-state index in [0.717, 1.165) is 17.0 Å². The number of hydrogen-bond acceptors (Lipinski definition) is 3. The molecule has 100 valence electrons. The van der Waals surface area contributed by atoms with Crippen LogP contribution in [0.4, 0.5) is 10.1 Å². The van der Waals surface area contributed by atoms with E-state index in [4.69, 9.17) is 4.74 Å². The van der Waals surface area contributed by atoms with Gasteiger partial charge in [0.05, 0.1) is 12.3 Å². The van der Waals surface area contributed by atoms with Crippen molar-refractivity contribution in [1.82, 2.24) is 4.98 Å². The molecule has 0 bridgehead atoms. The molecule has 4 heteroatoms. The molecular weight excluding hydrogens is 243 g/mol. The Morgan fingerprint density at radius 3 is 2.58 bits per heavy atom. The van der Waals surface area contributed by atoms with Gasteiger partial charge in [0.25, 0.3) is 0 Å². The molecule has 0 spiro atoms. The van der Waals surface area contributed by atoms with Gasteiger partial charge in [-0.15, -0.1) is 0 Å². The zero-order valence-electron chi connectivity index (χ0n) is 11.1. The first-order valence-corrected chi connectivity index (χ1v) is 6.23. The van der Waals surface area contributed by atoms with Gasteiger partial charge < -0.3 is 10.1 Å². The Hall–Kier alpha value is -2.10. The maximum Gasteiger partial charge on any atom is 0.141 e. The fourth-order valence-corrected chi connectivity index (χ4v) is 1.68. The highest BCUT2D eigenvalue weighted by Gasteiger charge is 1.99. The van der Waals surface area contributed by atoms with E-state index in [-0.39, 0.29) is 11.9 Å². The predicted octanol–water partition coefficient (Wildman–Crippen LogP) is 3.62. The van der Waals surface area contributed by atoms with Crippen LogP contribution in [0.15, 0.2) is 42.7 Å². The van der Waals surface area contributed by atoms with Crippen LogP contribution in [0.2, 0.25) is 0 Å². The summed E-state index contributed by atoms with van der Waals surface area (Å²) in [4.78, 5) is 3.81. The van der Waals surface area contributed by atoms with Crippen LogP contribution in [0.5, 0.6) is 5.75 Å². The molecule has 0 fully saturated rings. The van der Waals surface area contributed by atoms with Crippen LogP contribution in [0.3, 0.4) is 0 Å². The highest BCUT2D eigenvalue weighted by molar-refractivity contribution is 5.46. The first-order valence-electron chi connectivity index (χ1n) is 6.23. The van der Waals surface area contributed by atoms with E-state index in [9.17, 15) is 4.39 Å². The lowest BCUT2D eigenvalue weighted by Crippen LogP contribution is -2.05. The summed E-state index contributed by atoms with van der Waals surface area (Å²) in [6.07, 6.45) is 3.01. The maximum absolute atomic E-state index is 13.0. The fraction of sp³-hybridized carbons (Fsp3) is 0.267. The molecule has 0 aliphatic heterocycles. The summed E-state index contributed by atoms with van der Waals surface area (Å²) in [5.74, 6) is 0.521. The lowest BCUT2D eigenvalue weighted by Gasteiger charge is -2.11. The van der Waals surface area contributed by atoms with Crippen molar-refractivity contribution in [2.75, 3.05) is 5.32 Å². The summed E-state index contributed by atoms with van der Waals surface area (Å²) < 4.78 is 18.5. The van der Waals surface area contributed by atoms with Crippen LogP contribution in [-0.2, 0) is 6.54 Å². The Labute approximate surface area is 112 Å². The Kier molecular flexibility index (Phi) is 4.34. The summed E-state index contributed by atoms with van der Waals surface area (Å²) in [7, 11) is 0. The quantitative estimate of drug-likeness (QED) is 0.891. The van der Waals surface area contributed by atoms with Crippen LogP contribution in [-0.4, -0.2) is 11.1 Å². The highest BCUT2D eigenvalue weighted by atomic mass is 19.1. The average Bonchev–Trinajstić information content (AvgIpc) is 2.37. The van der Waals surface area contributed by atoms with Gasteiger partial charge >= 0.3 is 0 Å². The lowest BCUT2D eigenvalue weighted by atomic mass is 10.2. The molecule has 0 saturated carbocycles. The lowest BCUT2D eigenvalue weighted by molar-refractivity contribution is 0.242. The van der Waals surface area contributed by atoms with Gasteiger partial charge in [0.1, 0.15) is 11.6 Å². The first kappa shape index (κ1) is 13.3. The summed E-state index contributed by atoms with van der Waals surface area (Å²) in [5, 5.41) is 3.21. The van der Waals surface area contributed by atoms with E-state index in [1.54, 1.807) is 6.20 Å². The molecule has 0 saturated heterocycles. The zero-order chi connectivity index (χ0) is 13.7.